The number of amides is 1. The zero-order valence-electron chi connectivity index (χ0n) is 21.2. The number of amidine groups is 1. The fraction of sp³-hybridized carbons (Fsp3) is 0.138. The van der Waals surface area contributed by atoms with Gasteiger partial charge < -0.3 is 27.7 Å². The highest BCUT2D eigenvalue weighted by Crippen LogP contribution is 2.27. The lowest BCUT2D eigenvalue weighted by molar-refractivity contribution is -0.120. The van der Waals surface area contributed by atoms with Gasteiger partial charge in [-0.15, -0.1) is 0 Å². The van der Waals surface area contributed by atoms with E-state index in [1.165, 1.54) is 0 Å². The number of anilines is 2. The van der Waals surface area contributed by atoms with E-state index in [0.717, 1.165) is 15.9 Å². The first-order chi connectivity index (χ1) is 18.7. The van der Waals surface area contributed by atoms with E-state index in [2.05, 4.69) is 10.3 Å². The molecule has 0 aliphatic rings. The van der Waals surface area contributed by atoms with Gasteiger partial charge in [0.05, 0.1) is 12.1 Å². The van der Waals surface area contributed by atoms with Gasteiger partial charge in [0.15, 0.2) is 5.49 Å². The summed E-state index contributed by atoms with van der Waals surface area (Å²) in [5.41, 5.74) is 22.9. The molecule has 0 saturated heterocycles. The highest BCUT2D eigenvalue weighted by Gasteiger charge is 2.16. The number of hydrogen-bond acceptors (Lipinski definition) is 6. The molecule has 3 aromatic carbocycles. The summed E-state index contributed by atoms with van der Waals surface area (Å²) >= 11 is 6.07. The van der Waals surface area contributed by atoms with Gasteiger partial charge in [0.1, 0.15) is 5.84 Å². The van der Waals surface area contributed by atoms with E-state index in [-0.39, 0.29) is 24.7 Å². The number of nitrogens with zero attached hydrogens (tertiary/aromatic N) is 2. The maximum absolute atomic E-state index is 13.0. The zero-order valence-corrected chi connectivity index (χ0v) is 21.9. The number of carbonyl (C=O) groups excluding carboxylic acids is 1. The highest BCUT2D eigenvalue weighted by molar-refractivity contribution is 6.30. The molecular formula is C29H30ClN7O2. The minimum Gasteiger partial charge on any atom is -0.427 e. The van der Waals surface area contributed by atoms with E-state index in [1.54, 1.807) is 54.6 Å². The molecular weight excluding hydrogens is 514 g/mol. The second-order valence-electron chi connectivity index (χ2n) is 9.08. The lowest BCUT2D eigenvalue weighted by Gasteiger charge is -2.15. The topological polar surface area (TPSA) is 169 Å². The van der Waals surface area contributed by atoms with Crippen molar-refractivity contribution < 1.29 is 10.0 Å². The molecule has 0 atom stereocenters. The van der Waals surface area contributed by atoms with Crippen molar-refractivity contribution in [2.24, 2.45) is 10.7 Å². The first-order valence-corrected chi connectivity index (χ1v) is 12.6. The molecule has 0 bridgehead atoms. The highest BCUT2D eigenvalue weighted by atomic mass is 35.5. The van der Waals surface area contributed by atoms with Gasteiger partial charge in [-0.05, 0) is 65.6 Å². The molecule has 0 unspecified atom stereocenters. The van der Waals surface area contributed by atoms with Crippen molar-refractivity contribution in [3.8, 4) is 11.1 Å². The largest absolute Gasteiger partial charge is 0.427 e. The molecule has 0 aliphatic heterocycles. The third-order valence-corrected chi connectivity index (χ3v) is 6.35. The minimum atomic E-state index is -0.303. The van der Waals surface area contributed by atoms with E-state index in [1.807, 2.05) is 24.3 Å². The van der Waals surface area contributed by atoms with Crippen molar-refractivity contribution in [2.45, 2.75) is 19.4 Å². The molecule has 9 N–H and O–H groups in total. The van der Waals surface area contributed by atoms with Crippen LogP contribution in [0.2, 0.25) is 5.02 Å². The first kappa shape index (κ1) is 27.3. The van der Waals surface area contributed by atoms with Crippen molar-refractivity contribution in [2.75, 3.05) is 18.0 Å². The monoisotopic (exact) mass is 543 g/mol. The summed E-state index contributed by atoms with van der Waals surface area (Å²) in [7, 11) is 0. The van der Waals surface area contributed by atoms with Crippen LogP contribution in [-0.4, -0.2) is 28.2 Å². The number of aromatic nitrogens is 1. The molecule has 39 heavy (non-hydrogen) atoms. The van der Waals surface area contributed by atoms with E-state index in [0.29, 0.717) is 57.2 Å². The zero-order chi connectivity index (χ0) is 27.9. The van der Waals surface area contributed by atoms with Crippen LogP contribution in [-0.2, 0) is 24.2 Å². The maximum atomic E-state index is 13.0. The number of rotatable bonds is 9. The van der Waals surface area contributed by atoms with Crippen LogP contribution in [0.4, 0.5) is 11.4 Å². The Morgan fingerprint density at radius 2 is 1.69 bits per heavy atom. The van der Waals surface area contributed by atoms with Crippen LogP contribution < -0.4 is 28.0 Å². The van der Waals surface area contributed by atoms with Crippen LogP contribution in [0, 0.1) is 5.41 Å². The van der Waals surface area contributed by atoms with Crippen LogP contribution in [0.5, 0.6) is 0 Å². The molecule has 1 aromatic heterocycles. The maximum Gasteiger partial charge on any atom is 0.226 e. The summed E-state index contributed by atoms with van der Waals surface area (Å²) in [5, 5.41) is 22.2. The molecule has 0 radical (unpaired) electrons. The van der Waals surface area contributed by atoms with Gasteiger partial charge in [0, 0.05) is 40.6 Å². The summed E-state index contributed by atoms with van der Waals surface area (Å²) in [6, 6.07) is 23.2. The third kappa shape index (κ3) is 7.18. The molecule has 0 spiro atoms. The second-order valence-corrected chi connectivity index (χ2v) is 9.51. The lowest BCUT2D eigenvalue weighted by atomic mass is 10.0. The number of pyridine rings is 1. The summed E-state index contributed by atoms with van der Waals surface area (Å²) in [6.45, 7) is 0.681. The Morgan fingerprint density at radius 1 is 0.974 bits per heavy atom. The van der Waals surface area contributed by atoms with Gasteiger partial charge >= 0.3 is 0 Å². The van der Waals surface area contributed by atoms with E-state index in [9.17, 15) is 10.0 Å². The normalized spacial score (nSPS) is 11.4. The number of hydrogen-bond donors (Lipinski definition) is 6. The Morgan fingerprint density at radius 3 is 2.36 bits per heavy atom. The molecule has 1 amide bonds. The van der Waals surface area contributed by atoms with Crippen LogP contribution in [0.15, 0.2) is 83.9 Å². The number of halogens is 1. The number of nitrogens with one attached hydrogen (secondary N) is 2. The SMILES string of the molecule is N=C(N)c1ccc(CNC(=O)Cc2c(-c3cc(N)cc(N)c3)ccc(=NCCc3cccc(Cl)c3)n2O)cc1. The van der Waals surface area contributed by atoms with Crippen molar-refractivity contribution in [3.05, 3.63) is 112 Å². The third-order valence-electron chi connectivity index (χ3n) is 6.12. The fourth-order valence-electron chi connectivity index (χ4n) is 4.17. The average molecular weight is 544 g/mol. The standard InChI is InChI=1S/C29H30ClN7O2/c30-22-3-1-2-18(12-22)10-11-35-27-9-8-25(21-13-23(31)15-24(32)14-21)26(37(27)39)16-28(38)36-17-19-4-6-20(7-5-19)29(33)34/h1-9,12-15,39H,10-11,16-17,31-32H2,(H3,33,34)(H,36,38). The smallest absolute Gasteiger partial charge is 0.226 e. The number of carbonyl (C=O) groups is 1. The number of benzene rings is 3. The van der Waals surface area contributed by atoms with E-state index in [4.69, 9.17) is 34.2 Å². The Labute approximate surface area is 231 Å². The molecule has 4 rings (SSSR count). The van der Waals surface area contributed by atoms with Crippen LogP contribution in [0.25, 0.3) is 11.1 Å². The molecule has 0 saturated carbocycles. The predicted molar refractivity (Wildman–Crippen MR) is 154 cm³/mol. The molecule has 1 heterocycles. The Hall–Kier alpha value is -4.76. The van der Waals surface area contributed by atoms with Gasteiger partial charge in [-0.2, -0.15) is 4.73 Å². The van der Waals surface area contributed by atoms with Crippen molar-refractivity contribution >= 4 is 34.7 Å². The molecule has 10 heteroatoms. The number of nitrogen functional groups attached to an aromatic ring is 3. The van der Waals surface area contributed by atoms with Crippen LogP contribution >= 0.6 is 11.6 Å². The van der Waals surface area contributed by atoms with Crippen LogP contribution in [0.1, 0.15) is 22.4 Å². The van der Waals surface area contributed by atoms with Crippen LogP contribution in [0.3, 0.4) is 0 Å². The van der Waals surface area contributed by atoms with E-state index < -0.39 is 0 Å². The van der Waals surface area contributed by atoms with Crippen molar-refractivity contribution in [3.63, 3.8) is 0 Å². The summed E-state index contributed by atoms with van der Waals surface area (Å²) in [6.07, 6.45) is 0.510. The predicted octanol–water partition coefficient (Wildman–Crippen LogP) is 3.50. The van der Waals surface area contributed by atoms with Gasteiger partial charge in [0.2, 0.25) is 5.91 Å². The molecule has 0 fully saturated rings. The minimum absolute atomic E-state index is 0.0225. The van der Waals surface area contributed by atoms with Crippen molar-refractivity contribution in [1.29, 1.82) is 5.41 Å². The number of nitrogens with two attached hydrogens (primary N) is 3. The Bertz CT molecular complexity index is 1560. The quantitative estimate of drug-likeness (QED) is 0.0820. The summed E-state index contributed by atoms with van der Waals surface area (Å²) in [5.74, 6) is -0.326. The van der Waals surface area contributed by atoms with Gasteiger partial charge in [-0.25, -0.2) is 0 Å². The fourth-order valence-corrected chi connectivity index (χ4v) is 4.38. The van der Waals surface area contributed by atoms with Crippen molar-refractivity contribution in [1.82, 2.24) is 10.0 Å². The Kier molecular flexibility index (Phi) is 8.53. The first-order valence-electron chi connectivity index (χ1n) is 12.2. The second kappa shape index (κ2) is 12.2. The summed E-state index contributed by atoms with van der Waals surface area (Å²) in [4.78, 5) is 17.5. The molecule has 0 aliphatic carbocycles. The summed E-state index contributed by atoms with van der Waals surface area (Å²) < 4.78 is 0.938. The molecule has 9 nitrogen and oxygen atoms in total. The molecule has 4 aromatic rings. The average Bonchev–Trinajstić information content (AvgIpc) is 2.89. The molecule has 200 valence electrons. The Balaban J connectivity index is 1.60. The van der Waals surface area contributed by atoms with E-state index >= 15 is 0 Å². The van der Waals surface area contributed by atoms with Gasteiger partial charge in [-0.3, -0.25) is 15.2 Å². The lowest BCUT2D eigenvalue weighted by Crippen LogP contribution is -2.30. The van der Waals surface area contributed by atoms with Gasteiger partial charge in [-0.1, -0.05) is 48.0 Å². The van der Waals surface area contributed by atoms with Gasteiger partial charge in [0.25, 0.3) is 0 Å².